The quantitative estimate of drug-likeness (QED) is 0.786. The molecule has 1 rings (SSSR count). The molecular formula is C10H15FN2O4S. The Morgan fingerprint density at radius 1 is 1.44 bits per heavy atom. The molecule has 0 amide bonds. The van der Waals surface area contributed by atoms with E-state index in [0.717, 1.165) is 12.4 Å². The van der Waals surface area contributed by atoms with E-state index in [4.69, 9.17) is 9.29 Å². The van der Waals surface area contributed by atoms with Crippen LogP contribution in [-0.4, -0.2) is 34.3 Å². The van der Waals surface area contributed by atoms with E-state index < -0.39 is 27.3 Å². The maximum absolute atomic E-state index is 12.5. The fourth-order valence-electron chi connectivity index (χ4n) is 1.51. The molecule has 1 aromatic rings. The number of aromatic nitrogens is 2. The van der Waals surface area contributed by atoms with Crippen molar-refractivity contribution < 1.29 is 22.1 Å². The predicted octanol–water partition coefficient (Wildman–Crippen LogP) is 1.19. The Bertz CT molecular complexity index is 477. The maximum Gasteiger partial charge on any atom is 0.270 e. The zero-order valence-electron chi connectivity index (χ0n) is 10.1. The van der Waals surface area contributed by atoms with E-state index >= 15 is 0 Å². The third-order valence-electron chi connectivity index (χ3n) is 2.46. The van der Waals surface area contributed by atoms with Gasteiger partial charge in [0.15, 0.2) is 11.6 Å². The molecule has 0 saturated heterocycles. The summed E-state index contributed by atoms with van der Waals surface area (Å²) >= 11 is 0. The van der Waals surface area contributed by atoms with Gasteiger partial charge in [-0.05, 0) is 13.3 Å². The molecule has 1 heterocycles. The van der Waals surface area contributed by atoms with Crippen LogP contribution in [0, 0.1) is 5.82 Å². The van der Waals surface area contributed by atoms with Gasteiger partial charge in [-0.15, -0.1) is 0 Å². The minimum atomic E-state index is -4.15. The molecule has 2 atom stereocenters. The second-order valence-corrected chi connectivity index (χ2v) is 5.43. The summed E-state index contributed by atoms with van der Waals surface area (Å²) < 4.78 is 48.9. The number of hydrogen-bond donors (Lipinski definition) is 1. The molecule has 102 valence electrons. The molecule has 0 aliphatic carbocycles. The zero-order chi connectivity index (χ0) is 13.8. The number of ether oxygens (including phenoxy) is 1. The molecule has 0 saturated carbocycles. The monoisotopic (exact) mass is 278 g/mol. The van der Waals surface area contributed by atoms with Crippen molar-refractivity contribution in [2.75, 3.05) is 0 Å². The number of halogens is 1. The molecule has 1 aromatic heterocycles. The highest BCUT2D eigenvalue weighted by Gasteiger charge is 2.28. The summed E-state index contributed by atoms with van der Waals surface area (Å²) in [6.45, 7) is 3.12. The van der Waals surface area contributed by atoms with Crippen LogP contribution in [0.2, 0.25) is 0 Å². The van der Waals surface area contributed by atoms with Crippen LogP contribution in [0.1, 0.15) is 26.1 Å². The van der Waals surface area contributed by atoms with Gasteiger partial charge in [-0.3, -0.25) is 4.55 Å². The third kappa shape index (κ3) is 4.28. The Balaban J connectivity index is 2.60. The lowest BCUT2D eigenvalue weighted by molar-refractivity contribution is 0.0438. The maximum atomic E-state index is 12.5. The van der Waals surface area contributed by atoms with Gasteiger partial charge in [0.1, 0.15) is 11.9 Å². The van der Waals surface area contributed by atoms with E-state index in [2.05, 4.69) is 9.97 Å². The molecule has 6 nitrogen and oxygen atoms in total. The fraction of sp³-hybridized carbons (Fsp3) is 0.600. The normalized spacial score (nSPS) is 15.3. The van der Waals surface area contributed by atoms with Crippen LogP contribution >= 0.6 is 0 Å². The summed E-state index contributed by atoms with van der Waals surface area (Å²) in [5.41, 5.74) is 0. The first-order valence-electron chi connectivity index (χ1n) is 5.39. The summed E-state index contributed by atoms with van der Waals surface area (Å²) in [5, 5.41) is -1.00. The summed E-state index contributed by atoms with van der Waals surface area (Å²) in [6.07, 6.45) is 1.51. The van der Waals surface area contributed by atoms with Crippen molar-refractivity contribution in [1.82, 2.24) is 9.97 Å². The molecule has 0 unspecified atom stereocenters. The summed E-state index contributed by atoms with van der Waals surface area (Å²) in [7, 11) is -4.15. The average molecular weight is 278 g/mol. The van der Waals surface area contributed by atoms with Gasteiger partial charge in [0.05, 0.1) is 18.5 Å². The van der Waals surface area contributed by atoms with E-state index in [1.165, 1.54) is 6.92 Å². The highest BCUT2D eigenvalue weighted by molar-refractivity contribution is 7.86. The minimum absolute atomic E-state index is 0.0481. The summed E-state index contributed by atoms with van der Waals surface area (Å²) in [4.78, 5) is 7.35. The zero-order valence-corrected chi connectivity index (χ0v) is 10.9. The van der Waals surface area contributed by atoms with E-state index in [-0.39, 0.29) is 18.9 Å². The van der Waals surface area contributed by atoms with Gasteiger partial charge in [-0.1, -0.05) is 6.92 Å². The van der Waals surface area contributed by atoms with Crippen LogP contribution in [0.25, 0.3) is 0 Å². The first-order chi connectivity index (χ1) is 8.34. The largest absolute Gasteiger partial charge is 0.369 e. The van der Waals surface area contributed by atoms with Gasteiger partial charge < -0.3 is 4.74 Å². The average Bonchev–Trinajstić information content (AvgIpc) is 2.27. The summed E-state index contributed by atoms with van der Waals surface area (Å²) in [6, 6.07) is 0. The number of hydrogen-bond acceptors (Lipinski definition) is 5. The third-order valence-corrected chi connectivity index (χ3v) is 3.94. The molecule has 0 bridgehead atoms. The Kier molecular flexibility index (Phi) is 5.12. The molecule has 1 N–H and O–H groups in total. The molecule has 0 aliphatic heterocycles. The highest BCUT2D eigenvalue weighted by atomic mass is 32.2. The second kappa shape index (κ2) is 6.17. The first-order valence-corrected chi connectivity index (χ1v) is 6.89. The van der Waals surface area contributed by atoms with Crippen LogP contribution in [0.5, 0.6) is 0 Å². The molecule has 0 aromatic carbocycles. The van der Waals surface area contributed by atoms with Crippen molar-refractivity contribution in [3.8, 4) is 0 Å². The predicted molar refractivity (Wildman–Crippen MR) is 61.9 cm³/mol. The fourth-order valence-corrected chi connectivity index (χ4v) is 2.50. The smallest absolute Gasteiger partial charge is 0.270 e. The highest BCUT2D eigenvalue weighted by Crippen LogP contribution is 2.13. The van der Waals surface area contributed by atoms with Crippen molar-refractivity contribution in [3.05, 3.63) is 24.0 Å². The first kappa shape index (κ1) is 14.9. The molecular weight excluding hydrogens is 263 g/mol. The standard InChI is InChI=1S/C10H15FN2O4S/c1-3-9(18(14,15)16)7(2)17-6-10-12-4-8(11)5-13-10/h4-5,7,9H,3,6H2,1-2H3,(H,14,15,16)/t7-,9+/m1/s1. The van der Waals surface area contributed by atoms with Gasteiger partial charge in [0.25, 0.3) is 10.1 Å². The van der Waals surface area contributed by atoms with Crippen LogP contribution in [-0.2, 0) is 21.5 Å². The van der Waals surface area contributed by atoms with Gasteiger partial charge >= 0.3 is 0 Å². The molecule has 0 radical (unpaired) electrons. The lowest BCUT2D eigenvalue weighted by Crippen LogP contribution is -2.33. The van der Waals surface area contributed by atoms with Gasteiger partial charge in [-0.25, -0.2) is 14.4 Å². The Labute approximate surface area is 105 Å². The minimum Gasteiger partial charge on any atom is -0.369 e. The van der Waals surface area contributed by atoms with Gasteiger partial charge in [-0.2, -0.15) is 8.42 Å². The topological polar surface area (TPSA) is 89.4 Å². The van der Waals surface area contributed by atoms with Crippen LogP contribution in [0.15, 0.2) is 12.4 Å². The number of nitrogens with zero attached hydrogens (tertiary/aromatic N) is 2. The molecule has 0 aliphatic rings. The van der Waals surface area contributed by atoms with E-state index in [1.54, 1.807) is 6.92 Å². The Morgan fingerprint density at radius 2 is 2.00 bits per heavy atom. The van der Waals surface area contributed by atoms with Crippen LogP contribution in [0.4, 0.5) is 4.39 Å². The second-order valence-electron chi connectivity index (χ2n) is 3.80. The molecule has 0 fully saturated rings. The molecule has 0 spiro atoms. The molecule has 8 heteroatoms. The molecule has 18 heavy (non-hydrogen) atoms. The summed E-state index contributed by atoms with van der Waals surface area (Å²) in [5.74, 6) is -0.315. The lowest BCUT2D eigenvalue weighted by atomic mass is 10.2. The van der Waals surface area contributed by atoms with Crippen molar-refractivity contribution in [2.45, 2.75) is 38.2 Å². The number of rotatable bonds is 6. The lowest BCUT2D eigenvalue weighted by Gasteiger charge is -2.19. The van der Waals surface area contributed by atoms with Crippen LogP contribution < -0.4 is 0 Å². The van der Waals surface area contributed by atoms with Gasteiger partial charge in [0, 0.05) is 0 Å². The Hall–Kier alpha value is -1.12. The van der Waals surface area contributed by atoms with Crippen molar-refractivity contribution in [3.63, 3.8) is 0 Å². The van der Waals surface area contributed by atoms with Crippen molar-refractivity contribution >= 4 is 10.1 Å². The Morgan fingerprint density at radius 3 is 2.44 bits per heavy atom. The van der Waals surface area contributed by atoms with Crippen molar-refractivity contribution in [1.29, 1.82) is 0 Å². The van der Waals surface area contributed by atoms with E-state index in [9.17, 15) is 12.8 Å². The van der Waals surface area contributed by atoms with E-state index in [1.807, 2.05) is 0 Å². The van der Waals surface area contributed by atoms with Gasteiger partial charge in [0.2, 0.25) is 0 Å². The van der Waals surface area contributed by atoms with E-state index in [0.29, 0.717) is 0 Å². The SMILES string of the molecule is CC[C@@H]([C@@H](C)OCc1ncc(F)cn1)S(=O)(=O)O. The van der Waals surface area contributed by atoms with Crippen LogP contribution in [0.3, 0.4) is 0 Å². The van der Waals surface area contributed by atoms with Crippen molar-refractivity contribution in [2.24, 2.45) is 0 Å².